The first-order valence-corrected chi connectivity index (χ1v) is 7.33. The van der Waals surface area contributed by atoms with Gasteiger partial charge < -0.3 is 10.5 Å². The predicted octanol–water partition coefficient (Wildman–Crippen LogP) is 3.47. The lowest BCUT2D eigenvalue weighted by molar-refractivity contribution is -0.141. The second-order valence-electron chi connectivity index (χ2n) is 6.07. The number of rotatable bonds is 7. The summed E-state index contributed by atoms with van der Waals surface area (Å²) in [5, 5.41) is 0. The van der Waals surface area contributed by atoms with Crippen molar-refractivity contribution < 1.29 is 9.53 Å². The van der Waals surface area contributed by atoms with Crippen molar-refractivity contribution in [2.75, 3.05) is 7.11 Å². The average molecular weight is 277 g/mol. The van der Waals surface area contributed by atoms with Crippen molar-refractivity contribution in [1.29, 1.82) is 0 Å². The molecular weight excluding hydrogens is 250 g/mol. The Morgan fingerprint density at radius 2 is 1.80 bits per heavy atom. The van der Waals surface area contributed by atoms with E-state index in [0.717, 1.165) is 18.4 Å². The Bertz CT molecular complexity index is 412. The van der Waals surface area contributed by atoms with Gasteiger partial charge in [0.2, 0.25) is 0 Å². The molecule has 112 valence electrons. The van der Waals surface area contributed by atoms with E-state index in [-0.39, 0.29) is 17.9 Å². The summed E-state index contributed by atoms with van der Waals surface area (Å²) in [6.45, 7) is 6.46. The highest BCUT2D eigenvalue weighted by Gasteiger charge is 2.14. The maximum absolute atomic E-state index is 11.2. The van der Waals surface area contributed by atoms with E-state index in [1.165, 1.54) is 12.7 Å². The van der Waals surface area contributed by atoms with Crippen molar-refractivity contribution in [2.24, 2.45) is 17.6 Å². The molecule has 0 radical (unpaired) electrons. The number of ether oxygens (including phenoxy) is 1. The van der Waals surface area contributed by atoms with Crippen LogP contribution in [-0.2, 0) is 16.0 Å². The van der Waals surface area contributed by atoms with Crippen LogP contribution in [0.2, 0.25) is 0 Å². The number of hydrogen-bond donors (Lipinski definition) is 1. The van der Waals surface area contributed by atoms with E-state index < -0.39 is 0 Å². The second-order valence-corrected chi connectivity index (χ2v) is 6.07. The monoisotopic (exact) mass is 277 g/mol. The van der Waals surface area contributed by atoms with E-state index in [4.69, 9.17) is 5.73 Å². The minimum absolute atomic E-state index is 0.0252. The highest BCUT2D eigenvalue weighted by atomic mass is 16.5. The van der Waals surface area contributed by atoms with Crippen LogP contribution in [0.4, 0.5) is 0 Å². The fraction of sp³-hybridized carbons (Fsp3) is 0.588. The van der Waals surface area contributed by atoms with Gasteiger partial charge in [0.1, 0.15) is 0 Å². The summed E-state index contributed by atoms with van der Waals surface area (Å²) in [5.41, 5.74) is 8.69. The first kappa shape index (κ1) is 16.7. The SMILES string of the molecule is COC(=O)CC(C)CC(N)c1ccc(CC(C)C)cc1. The van der Waals surface area contributed by atoms with Gasteiger partial charge in [-0.2, -0.15) is 0 Å². The Hall–Kier alpha value is -1.35. The summed E-state index contributed by atoms with van der Waals surface area (Å²) in [6, 6.07) is 8.49. The first-order valence-electron chi connectivity index (χ1n) is 7.33. The lowest BCUT2D eigenvalue weighted by Crippen LogP contribution is -2.16. The van der Waals surface area contributed by atoms with Crippen molar-refractivity contribution in [3.63, 3.8) is 0 Å². The molecule has 0 aliphatic carbocycles. The van der Waals surface area contributed by atoms with Crippen LogP contribution in [0.1, 0.15) is 50.8 Å². The van der Waals surface area contributed by atoms with E-state index >= 15 is 0 Å². The molecule has 0 fully saturated rings. The summed E-state index contributed by atoms with van der Waals surface area (Å²) < 4.78 is 4.68. The molecule has 0 heterocycles. The standard InChI is InChI=1S/C17H27NO2/c1-12(2)9-14-5-7-15(8-6-14)16(18)10-13(3)11-17(19)20-4/h5-8,12-13,16H,9-11,18H2,1-4H3. The quantitative estimate of drug-likeness (QED) is 0.776. The lowest BCUT2D eigenvalue weighted by Gasteiger charge is -2.17. The van der Waals surface area contributed by atoms with E-state index in [9.17, 15) is 4.79 Å². The Morgan fingerprint density at radius 1 is 1.20 bits per heavy atom. The molecule has 1 aromatic carbocycles. The number of methoxy groups -OCH3 is 1. The van der Waals surface area contributed by atoms with Gasteiger partial charge in [0.15, 0.2) is 0 Å². The maximum atomic E-state index is 11.2. The zero-order valence-corrected chi connectivity index (χ0v) is 13.1. The molecule has 0 saturated heterocycles. The molecule has 3 heteroatoms. The summed E-state index contributed by atoms with van der Waals surface area (Å²) in [6.07, 6.45) is 2.31. The van der Waals surface area contributed by atoms with Gasteiger partial charge in [0, 0.05) is 12.5 Å². The topological polar surface area (TPSA) is 52.3 Å². The van der Waals surface area contributed by atoms with Crippen LogP contribution in [0.25, 0.3) is 0 Å². The second kappa shape index (κ2) is 8.05. The van der Waals surface area contributed by atoms with Gasteiger partial charge in [0.05, 0.1) is 7.11 Å². The third kappa shape index (κ3) is 5.74. The highest BCUT2D eigenvalue weighted by molar-refractivity contribution is 5.69. The van der Waals surface area contributed by atoms with E-state index in [2.05, 4.69) is 42.8 Å². The van der Waals surface area contributed by atoms with Crippen LogP contribution in [0.15, 0.2) is 24.3 Å². The van der Waals surface area contributed by atoms with Crippen LogP contribution in [0, 0.1) is 11.8 Å². The molecule has 2 unspecified atom stereocenters. The maximum Gasteiger partial charge on any atom is 0.305 e. The number of benzene rings is 1. The number of nitrogens with two attached hydrogens (primary N) is 1. The van der Waals surface area contributed by atoms with Gasteiger partial charge in [-0.05, 0) is 35.8 Å². The van der Waals surface area contributed by atoms with Gasteiger partial charge in [-0.25, -0.2) is 0 Å². The Labute approximate surface area is 122 Å². The van der Waals surface area contributed by atoms with Crippen molar-refractivity contribution in [2.45, 2.75) is 46.1 Å². The molecule has 0 aromatic heterocycles. The van der Waals surface area contributed by atoms with Crippen molar-refractivity contribution in [1.82, 2.24) is 0 Å². The normalized spacial score (nSPS) is 14.1. The van der Waals surface area contributed by atoms with E-state index in [1.807, 2.05) is 6.92 Å². The van der Waals surface area contributed by atoms with Gasteiger partial charge in [-0.15, -0.1) is 0 Å². The highest BCUT2D eigenvalue weighted by Crippen LogP contribution is 2.22. The molecule has 0 saturated carbocycles. The minimum atomic E-state index is -0.169. The van der Waals surface area contributed by atoms with Crippen molar-refractivity contribution in [3.05, 3.63) is 35.4 Å². The first-order chi connectivity index (χ1) is 9.42. The molecule has 0 spiro atoms. The van der Waals surface area contributed by atoms with Crippen LogP contribution in [0.5, 0.6) is 0 Å². The van der Waals surface area contributed by atoms with Crippen LogP contribution >= 0.6 is 0 Å². The average Bonchev–Trinajstić information content (AvgIpc) is 2.38. The fourth-order valence-corrected chi connectivity index (χ4v) is 2.39. The summed E-state index contributed by atoms with van der Waals surface area (Å²) >= 11 is 0. The molecule has 0 bridgehead atoms. The van der Waals surface area contributed by atoms with Crippen LogP contribution < -0.4 is 5.73 Å². The molecule has 2 atom stereocenters. The lowest BCUT2D eigenvalue weighted by atomic mass is 9.93. The van der Waals surface area contributed by atoms with Crippen LogP contribution in [-0.4, -0.2) is 13.1 Å². The van der Waals surface area contributed by atoms with E-state index in [1.54, 1.807) is 0 Å². The third-order valence-corrected chi connectivity index (χ3v) is 3.45. The molecular formula is C17H27NO2. The molecule has 1 aromatic rings. The van der Waals surface area contributed by atoms with Gasteiger partial charge in [0.25, 0.3) is 0 Å². The largest absolute Gasteiger partial charge is 0.469 e. The Kier molecular flexibility index (Phi) is 6.73. The third-order valence-electron chi connectivity index (χ3n) is 3.45. The van der Waals surface area contributed by atoms with Gasteiger partial charge in [-0.1, -0.05) is 45.0 Å². The zero-order valence-electron chi connectivity index (χ0n) is 13.1. The van der Waals surface area contributed by atoms with Crippen molar-refractivity contribution in [3.8, 4) is 0 Å². The molecule has 0 amide bonds. The van der Waals surface area contributed by atoms with Crippen molar-refractivity contribution >= 4 is 5.97 Å². The zero-order chi connectivity index (χ0) is 15.1. The number of hydrogen-bond acceptors (Lipinski definition) is 3. The fourth-order valence-electron chi connectivity index (χ4n) is 2.39. The molecule has 0 aliphatic heterocycles. The molecule has 3 nitrogen and oxygen atoms in total. The predicted molar refractivity (Wildman–Crippen MR) is 82.3 cm³/mol. The molecule has 20 heavy (non-hydrogen) atoms. The van der Waals surface area contributed by atoms with Crippen LogP contribution in [0.3, 0.4) is 0 Å². The molecule has 1 rings (SSSR count). The minimum Gasteiger partial charge on any atom is -0.469 e. The van der Waals surface area contributed by atoms with Gasteiger partial charge >= 0.3 is 5.97 Å². The molecule has 2 N–H and O–H groups in total. The number of esters is 1. The number of carbonyl (C=O) groups is 1. The summed E-state index contributed by atoms with van der Waals surface area (Å²) in [5.74, 6) is 0.722. The molecule has 0 aliphatic rings. The Balaban J connectivity index is 2.54. The Morgan fingerprint density at radius 3 is 2.30 bits per heavy atom. The smallest absolute Gasteiger partial charge is 0.305 e. The van der Waals surface area contributed by atoms with Gasteiger partial charge in [-0.3, -0.25) is 4.79 Å². The summed E-state index contributed by atoms with van der Waals surface area (Å²) in [7, 11) is 1.42. The van der Waals surface area contributed by atoms with E-state index in [0.29, 0.717) is 12.3 Å². The number of carbonyl (C=O) groups excluding carboxylic acids is 1. The summed E-state index contributed by atoms with van der Waals surface area (Å²) in [4.78, 5) is 11.2.